The number of aromatic nitrogens is 3. The highest BCUT2D eigenvalue weighted by atomic mass is 31.0. The summed E-state index contributed by atoms with van der Waals surface area (Å²) in [5.41, 5.74) is 6.67. The van der Waals surface area contributed by atoms with Crippen LogP contribution in [0.15, 0.2) is 78.9 Å². The number of dihydropyridines is 1. The van der Waals surface area contributed by atoms with Crippen molar-refractivity contribution >= 4 is 14.5 Å². The molecule has 0 aromatic carbocycles. The number of rotatable bonds is 5. The summed E-state index contributed by atoms with van der Waals surface area (Å²) < 4.78 is 0. The Morgan fingerprint density at radius 2 is 1.57 bits per heavy atom. The lowest BCUT2D eigenvalue weighted by Crippen LogP contribution is -2.17. The van der Waals surface area contributed by atoms with Gasteiger partial charge in [-0.05, 0) is 84.9 Å². The van der Waals surface area contributed by atoms with E-state index in [2.05, 4.69) is 72.8 Å². The molecule has 0 fully saturated rings. The quantitative estimate of drug-likeness (QED) is 0.675. The molecule has 1 aliphatic heterocycles. The van der Waals surface area contributed by atoms with E-state index in [9.17, 15) is 0 Å². The van der Waals surface area contributed by atoms with Gasteiger partial charge in [0, 0.05) is 18.6 Å². The minimum Gasteiger partial charge on any atom is -0.379 e. The SMILES string of the molecule is CC1=CC(c2cc(CCc3ccnc(-c4cc(P)ccn4)c3)ccn2)NC=C1. The Kier molecular flexibility index (Phi) is 5.59. The summed E-state index contributed by atoms with van der Waals surface area (Å²) in [6.45, 7) is 2.11. The average Bonchev–Trinajstić information content (AvgIpc) is 2.73. The van der Waals surface area contributed by atoms with Crippen LogP contribution in [0.25, 0.3) is 11.4 Å². The van der Waals surface area contributed by atoms with Gasteiger partial charge in [0.2, 0.25) is 0 Å². The van der Waals surface area contributed by atoms with E-state index in [4.69, 9.17) is 0 Å². The molecule has 3 aromatic heterocycles. The Morgan fingerprint density at radius 3 is 2.32 bits per heavy atom. The number of nitrogens with zero attached hydrogens (tertiary/aromatic N) is 3. The van der Waals surface area contributed by atoms with Gasteiger partial charge in [-0.25, -0.2) is 0 Å². The predicted molar refractivity (Wildman–Crippen MR) is 117 cm³/mol. The fourth-order valence-electron chi connectivity index (χ4n) is 3.29. The summed E-state index contributed by atoms with van der Waals surface area (Å²) in [4.78, 5) is 13.5. The zero-order chi connectivity index (χ0) is 19.3. The van der Waals surface area contributed by atoms with Gasteiger partial charge in [-0.15, -0.1) is 9.24 Å². The van der Waals surface area contributed by atoms with Gasteiger partial charge in [0.1, 0.15) is 0 Å². The van der Waals surface area contributed by atoms with Gasteiger partial charge in [0.15, 0.2) is 0 Å². The number of nitrogens with one attached hydrogen (secondary N) is 1. The molecule has 0 saturated heterocycles. The first-order valence-corrected chi connectivity index (χ1v) is 9.98. The lowest BCUT2D eigenvalue weighted by Gasteiger charge is -2.18. The zero-order valence-electron chi connectivity index (χ0n) is 15.8. The number of hydrogen-bond donors (Lipinski definition) is 1. The molecule has 2 atom stereocenters. The molecule has 4 heterocycles. The van der Waals surface area contributed by atoms with Crippen LogP contribution < -0.4 is 10.6 Å². The molecule has 5 heteroatoms. The number of hydrogen-bond acceptors (Lipinski definition) is 4. The molecule has 1 N–H and O–H groups in total. The zero-order valence-corrected chi connectivity index (χ0v) is 17.0. The largest absolute Gasteiger partial charge is 0.379 e. The molecule has 0 bridgehead atoms. The summed E-state index contributed by atoms with van der Waals surface area (Å²) >= 11 is 0. The summed E-state index contributed by atoms with van der Waals surface area (Å²) in [7, 11) is 2.71. The van der Waals surface area contributed by atoms with Crippen molar-refractivity contribution in [2.75, 3.05) is 0 Å². The molecule has 4 rings (SSSR count). The highest BCUT2D eigenvalue weighted by molar-refractivity contribution is 7.27. The second kappa shape index (κ2) is 8.45. The Labute approximate surface area is 168 Å². The molecule has 3 aromatic rings. The van der Waals surface area contributed by atoms with Crippen LogP contribution in [0, 0.1) is 0 Å². The number of aryl methyl sites for hydroxylation is 2. The van der Waals surface area contributed by atoms with Gasteiger partial charge in [-0.3, -0.25) is 15.0 Å². The van der Waals surface area contributed by atoms with Crippen LogP contribution >= 0.6 is 9.24 Å². The average molecular weight is 386 g/mol. The predicted octanol–water partition coefficient (Wildman–Crippen LogP) is 3.93. The van der Waals surface area contributed by atoms with Crippen molar-refractivity contribution in [3.8, 4) is 11.4 Å². The fraction of sp³-hybridized carbons (Fsp3) is 0.174. The number of allylic oxidation sites excluding steroid dienone is 2. The van der Waals surface area contributed by atoms with Gasteiger partial charge in [0.25, 0.3) is 0 Å². The molecule has 28 heavy (non-hydrogen) atoms. The van der Waals surface area contributed by atoms with Crippen LogP contribution in [0.4, 0.5) is 0 Å². The second-order valence-corrected chi connectivity index (χ2v) is 7.67. The van der Waals surface area contributed by atoms with Crippen molar-refractivity contribution in [2.45, 2.75) is 25.8 Å². The molecular weight excluding hydrogens is 363 g/mol. The van der Waals surface area contributed by atoms with E-state index in [-0.39, 0.29) is 6.04 Å². The highest BCUT2D eigenvalue weighted by Crippen LogP contribution is 2.20. The molecule has 2 unspecified atom stereocenters. The molecule has 140 valence electrons. The van der Waals surface area contributed by atoms with Crippen LogP contribution in [0.2, 0.25) is 0 Å². The third-order valence-electron chi connectivity index (χ3n) is 4.79. The summed E-state index contributed by atoms with van der Waals surface area (Å²) in [6, 6.07) is 12.6. The van der Waals surface area contributed by atoms with Crippen LogP contribution in [0.3, 0.4) is 0 Å². The van der Waals surface area contributed by atoms with Crippen molar-refractivity contribution < 1.29 is 0 Å². The summed E-state index contributed by atoms with van der Waals surface area (Å²) in [5, 5.41) is 4.47. The minimum absolute atomic E-state index is 0.141. The minimum atomic E-state index is 0.141. The van der Waals surface area contributed by atoms with Gasteiger partial charge >= 0.3 is 0 Å². The topological polar surface area (TPSA) is 50.7 Å². The Bertz CT molecular complexity index is 1040. The molecule has 1 aliphatic rings. The normalized spacial score (nSPS) is 15.8. The van der Waals surface area contributed by atoms with Crippen molar-refractivity contribution in [2.24, 2.45) is 0 Å². The Morgan fingerprint density at radius 1 is 0.893 bits per heavy atom. The first kappa shape index (κ1) is 18.5. The second-order valence-electron chi connectivity index (χ2n) is 7.00. The maximum Gasteiger partial charge on any atom is 0.0892 e. The molecule has 0 amide bonds. The molecule has 0 radical (unpaired) electrons. The van der Waals surface area contributed by atoms with Crippen molar-refractivity contribution in [1.29, 1.82) is 0 Å². The van der Waals surface area contributed by atoms with Crippen LogP contribution in [0.1, 0.15) is 29.8 Å². The van der Waals surface area contributed by atoms with Crippen molar-refractivity contribution in [3.63, 3.8) is 0 Å². The van der Waals surface area contributed by atoms with E-state index in [1.807, 2.05) is 36.9 Å². The van der Waals surface area contributed by atoms with E-state index in [1.54, 1.807) is 0 Å². The van der Waals surface area contributed by atoms with E-state index in [1.165, 1.54) is 16.7 Å². The van der Waals surface area contributed by atoms with E-state index >= 15 is 0 Å². The van der Waals surface area contributed by atoms with Crippen LogP contribution in [0.5, 0.6) is 0 Å². The van der Waals surface area contributed by atoms with Gasteiger partial charge in [-0.1, -0.05) is 11.6 Å². The van der Waals surface area contributed by atoms with Crippen LogP contribution in [-0.2, 0) is 12.8 Å². The maximum atomic E-state index is 4.55. The van der Waals surface area contributed by atoms with Crippen molar-refractivity contribution in [1.82, 2.24) is 20.3 Å². The molecular formula is C23H23N4P. The third kappa shape index (κ3) is 4.52. The molecule has 0 spiro atoms. The number of pyridine rings is 3. The molecule has 0 aliphatic carbocycles. The Hall–Kier alpha value is -2.84. The van der Waals surface area contributed by atoms with Gasteiger partial charge in [0.05, 0.1) is 23.1 Å². The Balaban J connectivity index is 1.47. The smallest absolute Gasteiger partial charge is 0.0892 e. The standard InChI is InChI=1S/C23H23N4P/c1-16-4-8-24-20(12-16)21-13-17(5-9-25-21)2-3-18-6-10-26-22(14-18)23-15-19(28)7-11-27-23/h4-15,20,24H,2-3,28H2,1H3. The highest BCUT2D eigenvalue weighted by Gasteiger charge is 2.11. The first-order chi connectivity index (χ1) is 13.7. The van der Waals surface area contributed by atoms with Gasteiger partial charge < -0.3 is 5.32 Å². The fourth-order valence-corrected chi connectivity index (χ4v) is 3.53. The molecule has 0 saturated carbocycles. The monoisotopic (exact) mass is 386 g/mol. The third-order valence-corrected chi connectivity index (χ3v) is 5.15. The van der Waals surface area contributed by atoms with E-state index in [0.29, 0.717) is 0 Å². The lowest BCUT2D eigenvalue weighted by molar-refractivity contribution is 0.712. The first-order valence-electron chi connectivity index (χ1n) is 9.40. The van der Waals surface area contributed by atoms with Gasteiger partial charge in [-0.2, -0.15) is 0 Å². The molecule has 4 nitrogen and oxygen atoms in total. The summed E-state index contributed by atoms with van der Waals surface area (Å²) in [6.07, 6.45) is 13.8. The van der Waals surface area contributed by atoms with E-state index < -0.39 is 0 Å². The maximum absolute atomic E-state index is 4.55. The van der Waals surface area contributed by atoms with Crippen LogP contribution in [-0.4, -0.2) is 15.0 Å². The van der Waals surface area contributed by atoms with Crippen molar-refractivity contribution in [3.05, 3.63) is 95.7 Å². The summed E-state index contributed by atoms with van der Waals surface area (Å²) in [5.74, 6) is 0. The lowest BCUT2D eigenvalue weighted by atomic mass is 10.0. The van der Waals surface area contributed by atoms with E-state index in [0.717, 1.165) is 35.2 Å².